The second kappa shape index (κ2) is 9.54. The number of rotatable bonds is 5. The van der Waals surface area contributed by atoms with Gasteiger partial charge in [0.2, 0.25) is 5.95 Å². The maximum Gasteiger partial charge on any atom is 0.319 e. The molecule has 1 heterocycles. The molecule has 7 nitrogen and oxygen atoms in total. The molecule has 4 rings (SSSR count). The van der Waals surface area contributed by atoms with Crippen LogP contribution in [0.1, 0.15) is 55.3 Å². The molecule has 0 atom stereocenters. The molecule has 1 aromatic heterocycles. The quantitative estimate of drug-likeness (QED) is 0.670. The lowest BCUT2D eigenvalue weighted by Gasteiger charge is -2.30. The first-order chi connectivity index (χ1) is 15.0. The number of benzene rings is 1. The van der Waals surface area contributed by atoms with Crippen LogP contribution in [0.3, 0.4) is 0 Å². The Labute approximate surface area is 185 Å². The monoisotopic (exact) mass is 422 g/mol. The van der Waals surface area contributed by atoms with E-state index in [0.29, 0.717) is 6.04 Å². The first-order valence-electron chi connectivity index (χ1n) is 11.5. The Morgan fingerprint density at radius 3 is 2.52 bits per heavy atom. The standard InChI is InChI=1S/C24H34N6O/c1-16-7-6-8-19(15-16)27-24(31)26-18-13-11-17(12-14-18)25-23-28-21-10-5-4-9-20(21)22(29-23)30(2)3/h6-8,15,17-18H,4-5,9-14H2,1-3H3,(H,25,28,29)(H2,26,27,31)/t17-,18+. The molecule has 7 heteroatoms. The van der Waals surface area contributed by atoms with E-state index in [1.54, 1.807) is 0 Å². The van der Waals surface area contributed by atoms with Crippen LogP contribution in [0.2, 0.25) is 0 Å². The summed E-state index contributed by atoms with van der Waals surface area (Å²) in [7, 11) is 4.11. The molecular weight excluding hydrogens is 388 g/mol. The Bertz CT molecular complexity index is 920. The van der Waals surface area contributed by atoms with E-state index in [4.69, 9.17) is 9.97 Å². The molecule has 31 heavy (non-hydrogen) atoms. The average Bonchev–Trinajstić information content (AvgIpc) is 2.74. The van der Waals surface area contributed by atoms with E-state index in [1.807, 2.05) is 31.2 Å². The summed E-state index contributed by atoms with van der Waals surface area (Å²) in [6.45, 7) is 2.02. The minimum absolute atomic E-state index is 0.129. The minimum atomic E-state index is -0.129. The van der Waals surface area contributed by atoms with Crippen LogP contribution in [0.5, 0.6) is 0 Å². The summed E-state index contributed by atoms with van der Waals surface area (Å²) >= 11 is 0. The Hall–Kier alpha value is -2.83. The van der Waals surface area contributed by atoms with E-state index in [0.717, 1.165) is 61.5 Å². The van der Waals surface area contributed by atoms with Crippen molar-refractivity contribution in [1.82, 2.24) is 15.3 Å². The third-order valence-electron chi connectivity index (χ3n) is 6.26. The molecule has 0 radical (unpaired) electrons. The summed E-state index contributed by atoms with van der Waals surface area (Å²) in [5.41, 5.74) is 4.48. The first-order valence-corrected chi connectivity index (χ1v) is 11.5. The third kappa shape index (κ3) is 5.46. The van der Waals surface area contributed by atoms with Crippen molar-refractivity contribution in [3.8, 4) is 0 Å². The molecule has 166 valence electrons. The van der Waals surface area contributed by atoms with Crippen LogP contribution in [0, 0.1) is 6.92 Å². The lowest BCUT2D eigenvalue weighted by atomic mass is 9.91. The number of nitrogens with one attached hydrogen (secondary N) is 3. The van der Waals surface area contributed by atoms with Gasteiger partial charge in [0.1, 0.15) is 5.82 Å². The second-order valence-electron chi connectivity index (χ2n) is 9.06. The van der Waals surface area contributed by atoms with Gasteiger partial charge in [-0.25, -0.2) is 9.78 Å². The molecule has 2 amide bonds. The summed E-state index contributed by atoms with van der Waals surface area (Å²) in [4.78, 5) is 24.1. The van der Waals surface area contributed by atoms with Gasteiger partial charge in [0, 0.05) is 37.4 Å². The SMILES string of the molecule is Cc1cccc(NC(=O)N[C@H]2CC[C@@H](Nc3nc4c(c(N(C)C)n3)CCCC4)CC2)c1. The van der Waals surface area contributed by atoms with Crippen molar-refractivity contribution >= 4 is 23.5 Å². The van der Waals surface area contributed by atoms with Gasteiger partial charge in [0.05, 0.1) is 5.69 Å². The number of hydrogen-bond acceptors (Lipinski definition) is 5. The van der Waals surface area contributed by atoms with Gasteiger partial charge in [-0.1, -0.05) is 12.1 Å². The van der Waals surface area contributed by atoms with Crippen molar-refractivity contribution in [3.05, 3.63) is 41.1 Å². The number of urea groups is 1. The van der Waals surface area contributed by atoms with E-state index in [1.165, 1.54) is 24.1 Å². The summed E-state index contributed by atoms with van der Waals surface area (Å²) in [6, 6.07) is 8.27. The molecule has 0 aliphatic heterocycles. The zero-order valence-corrected chi connectivity index (χ0v) is 18.9. The Morgan fingerprint density at radius 2 is 1.77 bits per heavy atom. The van der Waals surface area contributed by atoms with Crippen molar-refractivity contribution < 1.29 is 4.79 Å². The molecular formula is C24H34N6O. The van der Waals surface area contributed by atoms with Gasteiger partial charge in [-0.3, -0.25) is 0 Å². The molecule has 2 aliphatic rings. The van der Waals surface area contributed by atoms with Crippen molar-refractivity contribution in [2.45, 2.75) is 70.4 Å². The predicted molar refractivity (Wildman–Crippen MR) is 126 cm³/mol. The largest absolute Gasteiger partial charge is 0.362 e. The van der Waals surface area contributed by atoms with E-state index >= 15 is 0 Å². The summed E-state index contributed by atoms with van der Waals surface area (Å²) < 4.78 is 0. The number of fused-ring (bicyclic) bond motifs is 1. The van der Waals surface area contributed by atoms with Crippen LogP contribution in [0.25, 0.3) is 0 Å². The van der Waals surface area contributed by atoms with Gasteiger partial charge in [0.15, 0.2) is 0 Å². The smallest absolute Gasteiger partial charge is 0.319 e. The fourth-order valence-corrected chi connectivity index (χ4v) is 4.65. The van der Waals surface area contributed by atoms with E-state index in [9.17, 15) is 4.79 Å². The highest BCUT2D eigenvalue weighted by Crippen LogP contribution is 2.29. The Kier molecular flexibility index (Phi) is 6.59. The van der Waals surface area contributed by atoms with E-state index in [2.05, 4.69) is 34.9 Å². The highest BCUT2D eigenvalue weighted by atomic mass is 16.2. The molecule has 0 unspecified atom stereocenters. The number of amides is 2. The first kappa shape index (κ1) is 21.4. The van der Waals surface area contributed by atoms with E-state index < -0.39 is 0 Å². The van der Waals surface area contributed by atoms with Crippen LogP contribution < -0.4 is 20.9 Å². The van der Waals surface area contributed by atoms with Crippen molar-refractivity contribution in [3.63, 3.8) is 0 Å². The lowest BCUT2D eigenvalue weighted by molar-refractivity contribution is 0.243. The van der Waals surface area contributed by atoms with Gasteiger partial charge >= 0.3 is 6.03 Å². The van der Waals surface area contributed by atoms with Crippen LogP contribution in [-0.2, 0) is 12.8 Å². The zero-order chi connectivity index (χ0) is 21.8. The maximum absolute atomic E-state index is 12.3. The molecule has 1 saturated carbocycles. The van der Waals surface area contributed by atoms with Gasteiger partial charge < -0.3 is 20.9 Å². The highest BCUT2D eigenvalue weighted by Gasteiger charge is 2.24. The molecule has 2 aromatic rings. The number of aryl methyl sites for hydroxylation is 2. The topological polar surface area (TPSA) is 82.2 Å². The van der Waals surface area contributed by atoms with Crippen LogP contribution in [0.15, 0.2) is 24.3 Å². The Balaban J connectivity index is 1.30. The maximum atomic E-state index is 12.3. The number of hydrogen-bond donors (Lipinski definition) is 3. The molecule has 0 spiro atoms. The van der Waals surface area contributed by atoms with Crippen molar-refractivity contribution in [1.29, 1.82) is 0 Å². The van der Waals surface area contributed by atoms with Gasteiger partial charge in [-0.15, -0.1) is 0 Å². The zero-order valence-electron chi connectivity index (χ0n) is 18.9. The predicted octanol–water partition coefficient (Wildman–Crippen LogP) is 4.27. The molecule has 2 aliphatic carbocycles. The van der Waals surface area contributed by atoms with Crippen molar-refractivity contribution in [2.75, 3.05) is 29.6 Å². The number of aromatic nitrogens is 2. The molecule has 1 aromatic carbocycles. The van der Waals surface area contributed by atoms with Crippen LogP contribution >= 0.6 is 0 Å². The average molecular weight is 423 g/mol. The van der Waals surface area contributed by atoms with Crippen LogP contribution in [0.4, 0.5) is 22.2 Å². The number of carbonyl (C=O) groups is 1. The van der Waals surface area contributed by atoms with Crippen molar-refractivity contribution in [2.24, 2.45) is 0 Å². The fourth-order valence-electron chi connectivity index (χ4n) is 4.65. The van der Waals surface area contributed by atoms with Gasteiger partial charge in [-0.2, -0.15) is 4.98 Å². The number of carbonyl (C=O) groups excluding carboxylic acids is 1. The third-order valence-corrected chi connectivity index (χ3v) is 6.26. The highest BCUT2D eigenvalue weighted by molar-refractivity contribution is 5.89. The minimum Gasteiger partial charge on any atom is -0.362 e. The van der Waals surface area contributed by atoms with Gasteiger partial charge in [0.25, 0.3) is 0 Å². The number of anilines is 3. The fraction of sp³-hybridized carbons (Fsp3) is 0.542. The van der Waals surface area contributed by atoms with E-state index in [-0.39, 0.29) is 12.1 Å². The summed E-state index contributed by atoms with van der Waals surface area (Å²) in [5.74, 6) is 1.80. The summed E-state index contributed by atoms with van der Waals surface area (Å²) in [5, 5.41) is 9.63. The Morgan fingerprint density at radius 1 is 1.03 bits per heavy atom. The molecule has 0 bridgehead atoms. The summed E-state index contributed by atoms with van der Waals surface area (Å²) in [6.07, 6.45) is 8.43. The number of nitrogens with zero attached hydrogens (tertiary/aromatic N) is 3. The second-order valence-corrected chi connectivity index (χ2v) is 9.06. The van der Waals surface area contributed by atoms with Gasteiger partial charge in [-0.05, 0) is 76.0 Å². The normalized spacial score (nSPS) is 20.5. The lowest BCUT2D eigenvalue weighted by Crippen LogP contribution is -2.42. The van der Waals surface area contributed by atoms with Crippen LogP contribution in [-0.4, -0.2) is 42.2 Å². The molecule has 0 saturated heterocycles. The molecule has 3 N–H and O–H groups in total. The molecule has 1 fully saturated rings.